The summed E-state index contributed by atoms with van der Waals surface area (Å²) in [6.45, 7) is 8.89. The number of quaternary nitrogens is 1. The summed E-state index contributed by atoms with van der Waals surface area (Å²) in [6.07, 6.45) is 3.33. The molecule has 21 heavy (non-hydrogen) atoms. The fourth-order valence-electron chi connectivity index (χ4n) is 2.56. The third kappa shape index (κ3) is 4.71. The Labute approximate surface area is 128 Å². The molecule has 2 N–H and O–H groups in total. The van der Waals surface area contributed by atoms with Crippen molar-refractivity contribution in [3.8, 4) is 0 Å². The normalized spacial score (nSPS) is 20.0. The van der Waals surface area contributed by atoms with Crippen LogP contribution in [0.25, 0.3) is 5.57 Å². The maximum absolute atomic E-state index is 12.0. The molecule has 114 valence electrons. The molecule has 1 amide bonds. The second-order valence-corrected chi connectivity index (χ2v) is 6.33. The van der Waals surface area contributed by atoms with Crippen molar-refractivity contribution in [1.82, 2.24) is 5.32 Å². The Morgan fingerprint density at radius 2 is 1.95 bits per heavy atom. The van der Waals surface area contributed by atoms with E-state index in [1.165, 1.54) is 16.0 Å². The van der Waals surface area contributed by atoms with E-state index in [9.17, 15) is 4.79 Å². The van der Waals surface area contributed by atoms with Crippen molar-refractivity contribution in [3.63, 3.8) is 0 Å². The lowest BCUT2D eigenvalue weighted by Crippen LogP contribution is -3.13. The second kappa shape index (κ2) is 7.41. The number of hydrogen-bond acceptors (Lipinski definition) is 1. The predicted molar refractivity (Wildman–Crippen MR) is 87.0 cm³/mol. The number of hydrogen-bond donors (Lipinski definition) is 2. The Kier molecular flexibility index (Phi) is 5.57. The third-order valence-corrected chi connectivity index (χ3v) is 4.33. The van der Waals surface area contributed by atoms with Crippen molar-refractivity contribution in [2.45, 2.75) is 33.2 Å². The smallest absolute Gasteiger partial charge is 0.275 e. The Hall–Kier alpha value is -1.61. The number of carbonyl (C=O) groups excluding carboxylic acids is 1. The van der Waals surface area contributed by atoms with Gasteiger partial charge < -0.3 is 10.2 Å². The highest BCUT2D eigenvalue weighted by Gasteiger charge is 2.20. The molecule has 0 bridgehead atoms. The first-order chi connectivity index (χ1) is 10.1. The van der Waals surface area contributed by atoms with Gasteiger partial charge in [0.1, 0.15) is 0 Å². The summed E-state index contributed by atoms with van der Waals surface area (Å²) in [4.78, 5) is 13.4. The summed E-state index contributed by atoms with van der Waals surface area (Å²) in [5.41, 5.74) is 2.73. The molecule has 3 nitrogen and oxygen atoms in total. The van der Waals surface area contributed by atoms with E-state index in [4.69, 9.17) is 0 Å². The molecule has 1 aromatic carbocycles. The molecule has 0 saturated carbocycles. The predicted octanol–water partition coefficient (Wildman–Crippen LogP) is 1.52. The van der Waals surface area contributed by atoms with Gasteiger partial charge in [0.25, 0.3) is 5.91 Å². The van der Waals surface area contributed by atoms with Crippen LogP contribution in [0, 0.1) is 5.92 Å². The van der Waals surface area contributed by atoms with Gasteiger partial charge in [0.2, 0.25) is 0 Å². The maximum atomic E-state index is 12.0. The van der Waals surface area contributed by atoms with E-state index in [1.807, 2.05) is 6.07 Å². The number of benzene rings is 1. The van der Waals surface area contributed by atoms with E-state index >= 15 is 0 Å². The second-order valence-electron chi connectivity index (χ2n) is 6.33. The Morgan fingerprint density at radius 1 is 1.24 bits per heavy atom. The van der Waals surface area contributed by atoms with Crippen LogP contribution in [0.2, 0.25) is 0 Å². The van der Waals surface area contributed by atoms with E-state index in [0.29, 0.717) is 12.5 Å². The van der Waals surface area contributed by atoms with E-state index in [-0.39, 0.29) is 11.9 Å². The zero-order valence-corrected chi connectivity index (χ0v) is 13.4. The molecule has 0 spiro atoms. The van der Waals surface area contributed by atoms with E-state index in [1.54, 1.807) is 0 Å². The summed E-state index contributed by atoms with van der Waals surface area (Å²) < 4.78 is 0. The molecule has 1 aliphatic rings. The van der Waals surface area contributed by atoms with Gasteiger partial charge >= 0.3 is 0 Å². The molecule has 1 unspecified atom stereocenters. The maximum Gasteiger partial charge on any atom is 0.275 e. The van der Waals surface area contributed by atoms with Gasteiger partial charge in [0.05, 0.1) is 13.1 Å². The largest absolute Gasteiger partial charge is 0.348 e. The number of nitrogens with one attached hydrogen (secondary N) is 2. The van der Waals surface area contributed by atoms with Gasteiger partial charge in [-0.25, -0.2) is 0 Å². The number of carbonyl (C=O) groups is 1. The lowest BCUT2D eigenvalue weighted by Gasteiger charge is -2.24. The fraction of sp³-hybridized carbons (Fsp3) is 0.500. The topological polar surface area (TPSA) is 33.5 Å². The molecule has 0 fully saturated rings. The lowest BCUT2D eigenvalue weighted by atomic mass is 9.99. The van der Waals surface area contributed by atoms with Crippen LogP contribution in [-0.2, 0) is 4.79 Å². The molecule has 1 aliphatic heterocycles. The zero-order chi connectivity index (χ0) is 15.2. The average Bonchev–Trinajstić information content (AvgIpc) is 2.48. The third-order valence-electron chi connectivity index (χ3n) is 4.33. The van der Waals surface area contributed by atoms with Crippen molar-refractivity contribution >= 4 is 11.5 Å². The molecular weight excluding hydrogens is 260 g/mol. The molecule has 3 heteroatoms. The minimum Gasteiger partial charge on any atom is -0.348 e. The summed E-state index contributed by atoms with van der Waals surface area (Å²) in [5, 5.41) is 3.09. The highest BCUT2D eigenvalue weighted by atomic mass is 16.2. The first kappa shape index (κ1) is 15.8. The molecule has 2 rings (SSSR count). The van der Waals surface area contributed by atoms with Gasteiger partial charge in [-0.1, -0.05) is 44.2 Å². The summed E-state index contributed by atoms with van der Waals surface area (Å²) in [7, 11) is 0. The van der Waals surface area contributed by atoms with Crippen LogP contribution in [0.3, 0.4) is 0 Å². The molecular formula is C18H27N2O+. The Balaban J connectivity index is 1.84. The molecule has 1 heterocycles. The Morgan fingerprint density at radius 3 is 2.52 bits per heavy atom. The number of rotatable bonds is 5. The number of amides is 1. The van der Waals surface area contributed by atoms with Gasteiger partial charge in [-0.05, 0) is 30.1 Å². The van der Waals surface area contributed by atoms with E-state index in [0.717, 1.165) is 19.5 Å². The van der Waals surface area contributed by atoms with Crippen LogP contribution in [0.1, 0.15) is 32.8 Å². The fourth-order valence-corrected chi connectivity index (χ4v) is 2.56. The van der Waals surface area contributed by atoms with Gasteiger partial charge in [0, 0.05) is 12.5 Å². The lowest BCUT2D eigenvalue weighted by molar-refractivity contribution is -0.886. The van der Waals surface area contributed by atoms with Crippen LogP contribution < -0.4 is 10.2 Å². The van der Waals surface area contributed by atoms with Gasteiger partial charge in [0.15, 0.2) is 6.54 Å². The zero-order valence-electron chi connectivity index (χ0n) is 13.4. The van der Waals surface area contributed by atoms with Crippen LogP contribution >= 0.6 is 0 Å². The van der Waals surface area contributed by atoms with Gasteiger partial charge in [-0.3, -0.25) is 4.79 Å². The quantitative estimate of drug-likeness (QED) is 0.846. The first-order valence-electron chi connectivity index (χ1n) is 7.93. The standard InChI is InChI=1S/C18H26N2O/c1-14(2)15(3)19-18(21)13-20-11-9-17(10-12-20)16-7-5-4-6-8-16/h4-9,14-15H,10-13H2,1-3H3,(H,19,21)/p+1/t15-/m1/s1. The SMILES string of the molecule is CC(C)[C@@H](C)NC(=O)C[NH+]1CC=C(c2ccccc2)CC1. The van der Waals surface area contributed by atoms with Crippen LogP contribution in [0.4, 0.5) is 0 Å². The Bertz CT molecular complexity index is 493. The summed E-state index contributed by atoms with van der Waals surface area (Å²) in [6, 6.07) is 10.8. The summed E-state index contributed by atoms with van der Waals surface area (Å²) >= 11 is 0. The van der Waals surface area contributed by atoms with E-state index in [2.05, 4.69) is 56.4 Å². The van der Waals surface area contributed by atoms with Crippen molar-refractivity contribution < 1.29 is 9.69 Å². The van der Waals surface area contributed by atoms with E-state index < -0.39 is 0 Å². The molecule has 0 aromatic heterocycles. The van der Waals surface area contributed by atoms with Crippen LogP contribution in [0.5, 0.6) is 0 Å². The van der Waals surface area contributed by atoms with Crippen molar-refractivity contribution in [2.24, 2.45) is 5.92 Å². The van der Waals surface area contributed by atoms with Gasteiger partial charge in [-0.15, -0.1) is 0 Å². The minimum atomic E-state index is 0.169. The highest BCUT2D eigenvalue weighted by Crippen LogP contribution is 2.17. The van der Waals surface area contributed by atoms with Gasteiger partial charge in [-0.2, -0.15) is 0 Å². The molecule has 0 saturated heterocycles. The van der Waals surface area contributed by atoms with Crippen molar-refractivity contribution in [3.05, 3.63) is 42.0 Å². The first-order valence-corrected chi connectivity index (χ1v) is 7.93. The molecule has 0 radical (unpaired) electrons. The van der Waals surface area contributed by atoms with Crippen LogP contribution in [0.15, 0.2) is 36.4 Å². The molecule has 1 aromatic rings. The minimum absolute atomic E-state index is 0.169. The van der Waals surface area contributed by atoms with Crippen LogP contribution in [-0.4, -0.2) is 31.6 Å². The van der Waals surface area contributed by atoms with Crippen molar-refractivity contribution in [1.29, 1.82) is 0 Å². The monoisotopic (exact) mass is 287 g/mol. The summed E-state index contributed by atoms with van der Waals surface area (Å²) in [5.74, 6) is 0.651. The highest BCUT2D eigenvalue weighted by molar-refractivity contribution is 5.77. The van der Waals surface area contributed by atoms with Crippen molar-refractivity contribution in [2.75, 3.05) is 19.6 Å². The average molecular weight is 287 g/mol. The molecule has 2 atom stereocenters. The molecule has 0 aliphatic carbocycles.